The predicted octanol–water partition coefficient (Wildman–Crippen LogP) is 2.36. The van der Waals surface area contributed by atoms with Gasteiger partial charge in [0.1, 0.15) is 0 Å². The van der Waals surface area contributed by atoms with Crippen molar-refractivity contribution in [2.45, 2.75) is 38.6 Å². The van der Waals surface area contributed by atoms with Crippen LogP contribution in [0.3, 0.4) is 0 Å². The molecule has 0 amide bonds. The third-order valence-corrected chi connectivity index (χ3v) is 3.17. The fourth-order valence-electron chi connectivity index (χ4n) is 1.95. The molecule has 1 atom stereocenters. The largest absolute Gasteiger partial charge is 0.393 e. The molecule has 0 radical (unpaired) electrons. The summed E-state index contributed by atoms with van der Waals surface area (Å²) in [4.78, 5) is 0. The number of aliphatic hydroxyl groups excluding tert-OH is 1. The molecule has 2 heteroatoms. The second-order valence-electron chi connectivity index (χ2n) is 4.39. The van der Waals surface area contributed by atoms with E-state index < -0.39 is 0 Å². The van der Waals surface area contributed by atoms with E-state index >= 15 is 0 Å². The van der Waals surface area contributed by atoms with E-state index in [1.54, 1.807) is 0 Å². The van der Waals surface area contributed by atoms with E-state index in [4.69, 9.17) is 4.74 Å². The maximum Gasteiger partial charge on any atom is 0.0720 e. The highest BCUT2D eigenvalue weighted by Gasteiger charge is 2.31. The molecular weight excluding hydrogens is 188 g/mol. The molecule has 1 saturated carbocycles. The van der Waals surface area contributed by atoms with E-state index in [2.05, 4.69) is 19.1 Å². The quantitative estimate of drug-likeness (QED) is 0.819. The average molecular weight is 206 g/mol. The first-order valence-corrected chi connectivity index (χ1v) is 5.59. The number of rotatable bonds is 4. The molecular formula is C13H18O2. The molecule has 0 aromatic heterocycles. The highest BCUT2D eigenvalue weighted by atomic mass is 16.5. The predicted molar refractivity (Wildman–Crippen MR) is 59.4 cm³/mol. The Morgan fingerprint density at radius 2 is 2.00 bits per heavy atom. The zero-order valence-electron chi connectivity index (χ0n) is 9.10. The Morgan fingerprint density at radius 3 is 2.60 bits per heavy atom. The highest BCUT2D eigenvalue weighted by molar-refractivity contribution is 5.13. The van der Waals surface area contributed by atoms with Gasteiger partial charge >= 0.3 is 0 Å². The molecule has 0 unspecified atom stereocenters. The van der Waals surface area contributed by atoms with E-state index in [0.717, 1.165) is 12.8 Å². The highest BCUT2D eigenvalue weighted by Crippen LogP contribution is 2.31. The van der Waals surface area contributed by atoms with Crippen molar-refractivity contribution in [1.82, 2.24) is 0 Å². The van der Waals surface area contributed by atoms with Gasteiger partial charge in [0.05, 0.1) is 18.8 Å². The average Bonchev–Trinajstić information content (AvgIpc) is 2.23. The maximum atomic E-state index is 9.20. The third-order valence-electron chi connectivity index (χ3n) is 3.17. The van der Waals surface area contributed by atoms with Crippen molar-refractivity contribution >= 4 is 0 Å². The van der Waals surface area contributed by atoms with Gasteiger partial charge in [-0.25, -0.2) is 0 Å². The number of aliphatic hydroxyl groups is 1. The van der Waals surface area contributed by atoms with Crippen LogP contribution in [-0.2, 0) is 11.3 Å². The topological polar surface area (TPSA) is 29.5 Å². The van der Waals surface area contributed by atoms with Crippen molar-refractivity contribution in [3.63, 3.8) is 0 Å². The van der Waals surface area contributed by atoms with Crippen LogP contribution in [-0.4, -0.2) is 17.3 Å². The van der Waals surface area contributed by atoms with Gasteiger partial charge in [-0.15, -0.1) is 0 Å². The first kappa shape index (κ1) is 10.7. The molecule has 82 valence electrons. The Hall–Kier alpha value is -0.860. The minimum Gasteiger partial charge on any atom is -0.393 e. The zero-order chi connectivity index (χ0) is 10.7. The molecule has 15 heavy (non-hydrogen) atoms. The summed E-state index contributed by atoms with van der Waals surface area (Å²) in [6.45, 7) is 2.77. The number of benzene rings is 1. The second-order valence-corrected chi connectivity index (χ2v) is 4.39. The summed E-state index contributed by atoms with van der Waals surface area (Å²) < 4.78 is 5.77. The molecule has 2 nitrogen and oxygen atoms in total. The summed E-state index contributed by atoms with van der Waals surface area (Å²) >= 11 is 0. The maximum absolute atomic E-state index is 9.20. The van der Waals surface area contributed by atoms with Gasteiger partial charge in [-0.1, -0.05) is 30.3 Å². The van der Waals surface area contributed by atoms with Crippen LogP contribution in [0.25, 0.3) is 0 Å². The van der Waals surface area contributed by atoms with Crippen LogP contribution in [0, 0.1) is 5.92 Å². The lowest BCUT2D eigenvalue weighted by Gasteiger charge is -2.35. The van der Waals surface area contributed by atoms with Gasteiger partial charge in [0, 0.05) is 0 Å². The Bertz CT molecular complexity index is 291. The van der Waals surface area contributed by atoms with E-state index in [9.17, 15) is 5.11 Å². The molecule has 0 aliphatic heterocycles. The fourth-order valence-corrected chi connectivity index (χ4v) is 1.95. The summed E-state index contributed by atoms with van der Waals surface area (Å²) in [5.41, 5.74) is 1.21. The molecule has 0 spiro atoms. The van der Waals surface area contributed by atoms with Crippen molar-refractivity contribution in [3.8, 4) is 0 Å². The summed E-state index contributed by atoms with van der Waals surface area (Å²) in [7, 11) is 0. The van der Waals surface area contributed by atoms with Gasteiger partial charge in [-0.3, -0.25) is 0 Å². The SMILES string of the molecule is C[C@H](OCc1ccccc1)C1CC(O)C1. The summed E-state index contributed by atoms with van der Waals surface area (Å²) in [5, 5.41) is 9.20. The molecule has 1 aromatic carbocycles. The minimum absolute atomic E-state index is 0.0854. The van der Waals surface area contributed by atoms with Gasteiger partial charge in [-0.2, -0.15) is 0 Å². The Balaban J connectivity index is 1.74. The molecule has 1 aliphatic carbocycles. The standard InChI is InChI=1S/C13H18O2/c1-10(12-7-13(14)8-12)15-9-11-5-3-2-4-6-11/h2-6,10,12-14H,7-9H2,1H3/t10-,12?,13?/m0/s1. The lowest BCUT2D eigenvalue weighted by Crippen LogP contribution is -2.36. The molecule has 1 aliphatic rings. The lowest BCUT2D eigenvalue weighted by molar-refractivity contribution is -0.0610. The third kappa shape index (κ3) is 2.80. The van der Waals surface area contributed by atoms with E-state index in [0.29, 0.717) is 12.5 Å². The van der Waals surface area contributed by atoms with Crippen LogP contribution in [0.15, 0.2) is 30.3 Å². The molecule has 1 fully saturated rings. The smallest absolute Gasteiger partial charge is 0.0720 e. The van der Waals surface area contributed by atoms with E-state index in [-0.39, 0.29) is 12.2 Å². The van der Waals surface area contributed by atoms with Crippen LogP contribution in [0.5, 0.6) is 0 Å². The van der Waals surface area contributed by atoms with Crippen LogP contribution in [0.1, 0.15) is 25.3 Å². The van der Waals surface area contributed by atoms with E-state index in [1.165, 1.54) is 5.56 Å². The van der Waals surface area contributed by atoms with Crippen molar-refractivity contribution in [2.75, 3.05) is 0 Å². The van der Waals surface area contributed by atoms with Gasteiger partial charge in [0.2, 0.25) is 0 Å². The monoisotopic (exact) mass is 206 g/mol. The number of ether oxygens (including phenoxy) is 1. The Kier molecular flexibility index (Phi) is 3.39. The molecule has 1 aromatic rings. The van der Waals surface area contributed by atoms with Crippen LogP contribution >= 0.6 is 0 Å². The number of hydrogen-bond donors (Lipinski definition) is 1. The van der Waals surface area contributed by atoms with Crippen LogP contribution in [0.4, 0.5) is 0 Å². The molecule has 2 rings (SSSR count). The van der Waals surface area contributed by atoms with Gasteiger partial charge in [0.25, 0.3) is 0 Å². The van der Waals surface area contributed by atoms with Gasteiger partial charge < -0.3 is 9.84 Å². The molecule has 0 saturated heterocycles. The molecule has 1 N–H and O–H groups in total. The summed E-state index contributed by atoms with van der Waals surface area (Å²) in [6, 6.07) is 10.2. The van der Waals surface area contributed by atoms with Crippen LogP contribution in [0.2, 0.25) is 0 Å². The van der Waals surface area contributed by atoms with E-state index in [1.807, 2.05) is 18.2 Å². The van der Waals surface area contributed by atoms with Crippen molar-refractivity contribution in [1.29, 1.82) is 0 Å². The first-order chi connectivity index (χ1) is 7.25. The normalized spacial score (nSPS) is 27.1. The minimum atomic E-state index is -0.0854. The second kappa shape index (κ2) is 4.77. The van der Waals surface area contributed by atoms with Crippen molar-refractivity contribution < 1.29 is 9.84 Å². The van der Waals surface area contributed by atoms with Gasteiger partial charge in [0.15, 0.2) is 0 Å². The zero-order valence-corrected chi connectivity index (χ0v) is 9.10. The summed E-state index contributed by atoms with van der Waals surface area (Å²) in [6.07, 6.45) is 1.97. The van der Waals surface area contributed by atoms with Crippen LogP contribution < -0.4 is 0 Å². The van der Waals surface area contributed by atoms with Crippen molar-refractivity contribution in [2.24, 2.45) is 5.92 Å². The van der Waals surface area contributed by atoms with Gasteiger partial charge in [-0.05, 0) is 31.2 Å². The fraction of sp³-hybridized carbons (Fsp3) is 0.538. The summed E-state index contributed by atoms with van der Waals surface area (Å²) in [5.74, 6) is 0.545. The Labute approximate surface area is 90.9 Å². The molecule has 0 bridgehead atoms. The van der Waals surface area contributed by atoms with Crippen molar-refractivity contribution in [3.05, 3.63) is 35.9 Å². The number of hydrogen-bond acceptors (Lipinski definition) is 2. The first-order valence-electron chi connectivity index (χ1n) is 5.59. The Morgan fingerprint density at radius 1 is 1.33 bits per heavy atom. The molecule has 0 heterocycles. The lowest BCUT2D eigenvalue weighted by atomic mass is 9.79.